The topological polar surface area (TPSA) is 105 Å². The van der Waals surface area contributed by atoms with Crippen LogP contribution in [0.3, 0.4) is 0 Å². The van der Waals surface area contributed by atoms with Gasteiger partial charge in [0.15, 0.2) is 0 Å². The molecule has 1 saturated carbocycles. The molecule has 35 heavy (non-hydrogen) atoms. The van der Waals surface area contributed by atoms with Crippen LogP contribution < -0.4 is 15.4 Å². The van der Waals surface area contributed by atoms with E-state index in [4.69, 9.17) is 9.84 Å². The molecule has 0 heterocycles. The predicted molar refractivity (Wildman–Crippen MR) is 129 cm³/mol. The minimum absolute atomic E-state index is 0.0180. The maximum atomic E-state index is 13.4. The van der Waals surface area contributed by atoms with Crippen LogP contribution in [-0.4, -0.2) is 42.1 Å². The van der Waals surface area contributed by atoms with Crippen molar-refractivity contribution in [3.05, 3.63) is 77.6 Å². The molecule has 0 aliphatic heterocycles. The minimum Gasteiger partial charge on any atom is -0.490 e. The summed E-state index contributed by atoms with van der Waals surface area (Å²) in [7, 11) is 0. The van der Waals surface area contributed by atoms with Gasteiger partial charge in [-0.2, -0.15) is 0 Å². The van der Waals surface area contributed by atoms with Crippen molar-refractivity contribution in [1.29, 1.82) is 0 Å². The van der Waals surface area contributed by atoms with Gasteiger partial charge in [0.2, 0.25) is 0 Å². The number of carbonyl (C=O) groups excluding carboxylic acids is 2. The molecule has 0 unspecified atom stereocenters. The van der Waals surface area contributed by atoms with E-state index in [0.717, 1.165) is 5.39 Å². The van der Waals surface area contributed by atoms with Gasteiger partial charge in [0.05, 0.1) is 12.0 Å². The number of hydrogen-bond acceptors (Lipinski definition) is 4. The van der Waals surface area contributed by atoms with Crippen LogP contribution in [0.5, 0.6) is 5.75 Å². The average Bonchev–Trinajstić information content (AvgIpc) is 2.86. The van der Waals surface area contributed by atoms with Gasteiger partial charge in [-0.3, -0.25) is 14.4 Å². The van der Waals surface area contributed by atoms with Crippen LogP contribution in [0.1, 0.15) is 46.4 Å². The number of aliphatic carboxylic acids is 1. The molecule has 3 aromatic carbocycles. The molecule has 2 amide bonds. The van der Waals surface area contributed by atoms with Crippen LogP contribution in [0.2, 0.25) is 0 Å². The molecule has 0 saturated heterocycles. The van der Waals surface area contributed by atoms with Crippen molar-refractivity contribution in [1.82, 2.24) is 10.6 Å². The molecule has 0 spiro atoms. The molecule has 1 aliphatic carbocycles. The number of nitrogens with one attached hydrogen (secondary N) is 2. The first kappa shape index (κ1) is 24.2. The molecule has 0 radical (unpaired) electrons. The third kappa shape index (κ3) is 6.35. The first-order valence-electron chi connectivity index (χ1n) is 11.6. The molecular weight excluding hydrogens is 451 g/mol. The molecule has 1 aliphatic rings. The Balaban J connectivity index is 1.20. The zero-order valence-corrected chi connectivity index (χ0v) is 19.1. The monoisotopic (exact) mass is 478 g/mol. The summed E-state index contributed by atoms with van der Waals surface area (Å²) >= 11 is 0. The molecule has 4 rings (SSSR count). The number of rotatable bonds is 8. The maximum absolute atomic E-state index is 13.4. The number of ether oxygens (including phenoxy) is 1. The van der Waals surface area contributed by atoms with Crippen molar-refractivity contribution in [2.24, 2.45) is 5.92 Å². The largest absolute Gasteiger partial charge is 0.490 e. The highest BCUT2D eigenvalue weighted by molar-refractivity contribution is 5.98. The normalized spacial score (nSPS) is 17.5. The van der Waals surface area contributed by atoms with Crippen molar-refractivity contribution >= 4 is 28.6 Å². The molecule has 3 aromatic rings. The second kappa shape index (κ2) is 11.0. The van der Waals surface area contributed by atoms with E-state index in [1.165, 1.54) is 12.1 Å². The van der Waals surface area contributed by atoms with Crippen molar-refractivity contribution in [2.45, 2.75) is 31.8 Å². The van der Waals surface area contributed by atoms with E-state index in [1.807, 2.05) is 0 Å². The zero-order valence-electron chi connectivity index (χ0n) is 19.1. The number of carboxylic acid groups (broad SMARTS) is 1. The Morgan fingerprint density at radius 2 is 1.40 bits per heavy atom. The number of carboxylic acids is 1. The molecule has 8 heteroatoms. The highest BCUT2D eigenvalue weighted by Gasteiger charge is 2.26. The molecule has 1 fully saturated rings. The predicted octanol–water partition coefficient (Wildman–Crippen LogP) is 4.16. The Morgan fingerprint density at radius 1 is 0.800 bits per heavy atom. The lowest BCUT2D eigenvalue weighted by molar-refractivity contribution is -0.143. The summed E-state index contributed by atoms with van der Waals surface area (Å²) in [6.45, 7) is 0.490. The number of carbonyl (C=O) groups is 3. The summed E-state index contributed by atoms with van der Waals surface area (Å²) < 4.78 is 19.4. The molecule has 7 nitrogen and oxygen atoms in total. The molecule has 0 aromatic heterocycles. The fourth-order valence-electron chi connectivity index (χ4n) is 4.22. The van der Waals surface area contributed by atoms with Crippen LogP contribution in [-0.2, 0) is 4.79 Å². The van der Waals surface area contributed by atoms with Crippen molar-refractivity contribution in [2.75, 3.05) is 13.1 Å². The summed E-state index contributed by atoms with van der Waals surface area (Å²) in [6, 6.07) is 16.3. The van der Waals surface area contributed by atoms with Crippen molar-refractivity contribution in [3.8, 4) is 5.75 Å². The molecule has 3 N–H and O–H groups in total. The Hall–Kier alpha value is -3.94. The van der Waals surface area contributed by atoms with E-state index >= 15 is 0 Å². The van der Waals surface area contributed by atoms with Gasteiger partial charge in [0.1, 0.15) is 11.6 Å². The summed E-state index contributed by atoms with van der Waals surface area (Å²) in [5.41, 5.74) is 0.885. The average molecular weight is 479 g/mol. The van der Waals surface area contributed by atoms with E-state index < -0.39 is 5.97 Å². The van der Waals surface area contributed by atoms with Crippen LogP contribution in [0.25, 0.3) is 10.8 Å². The Bertz CT molecular complexity index is 1220. The van der Waals surface area contributed by atoms with Gasteiger partial charge in [-0.15, -0.1) is 0 Å². The van der Waals surface area contributed by atoms with Gasteiger partial charge < -0.3 is 20.5 Å². The fraction of sp³-hybridized carbons (Fsp3) is 0.296. The summed E-state index contributed by atoms with van der Waals surface area (Å²) in [5, 5.41) is 16.1. The Labute approximate surface area is 202 Å². The Morgan fingerprint density at radius 3 is 2.06 bits per heavy atom. The first-order valence-corrected chi connectivity index (χ1v) is 11.6. The third-order valence-electron chi connectivity index (χ3n) is 6.20. The number of halogens is 1. The number of amides is 2. The van der Waals surface area contributed by atoms with Crippen LogP contribution >= 0.6 is 0 Å². The number of hydrogen-bond donors (Lipinski definition) is 3. The van der Waals surface area contributed by atoms with Crippen LogP contribution in [0.15, 0.2) is 60.7 Å². The highest BCUT2D eigenvalue weighted by Crippen LogP contribution is 2.28. The molecule has 182 valence electrons. The van der Waals surface area contributed by atoms with E-state index in [-0.39, 0.29) is 42.7 Å². The Kier molecular flexibility index (Phi) is 7.60. The van der Waals surface area contributed by atoms with Gasteiger partial charge in [0, 0.05) is 24.2 Å². The lowest BCUT2D eigenvalue weighted by Gasteiger charge is -2.26. The van der Waals surface area contributed by atoms with E-state index in [9.17, 15) is 18.8 Å². The lowest BCUT2D eigenvalue weighted by Crippen LogP contribution is -2.34. The standard InChI is InChI=1S/C27H27FN2O5/c28-22-8-3-17-1-2-20(15-21(17)16-22)26(32)30-14-13-29-25(31)18-4-9-23(10-5-18)35-24-11-6-19(7-12-24)27(33)34/h1-5,8-10,15-16,19,24H,6-7,11-14H2,(H,29,31)(H,30,32)(H,33,34). The molecule has 0 atom stereocenters. The minimum atomic E-state index is -0.747. The van der Waals surface area contributed by atoms with Crippen molar-refractivity contribution in [3.63, 3.8) is 0 Å². The van der Waals surface area contributed by atoms with E-state index in [1.54, 1.807) is 48.5 Å². The quantitative estimate of drug-likeness (QED) is 0.422. The smallest absolute Gasteiger partial charge is 0.306 e. The fourth-order valence-corrected chi connectivity index (χ4v) is 4.22. The second-order valence-corrected chi connectivity index (χ2v) is 8.67. The molecular formula is C27H27FN2O5. The first-order chi connectivity index (χ1) is 16.9. The SMILES string of the molecule is O=C(NCCNC(=O)c1ccc2ccc(F)cc2c1)c1ccc(OC2CCC(C(=O)O)CC2)cc1. The summed E-state index contributed by atoms with van der Waals surface area (Å²) in [4.78, 5) is 35.8. The van der Waals surface area contributed by atoms with Crippen molar-refractivity contribution < 1.29 is 28.6 Å². The van der Waals surface area contributed by atoms with Gasteiger partial charge >= 0.3 is 5.97 Å². The summed E-state index contributed by atoms with van der Waals surface area (Å²) in [5.74, 6) is -1.33. The van der Waals surface area contributed by atoms with E-state index in [2.05, 4.69) is 10.6 Å². The number of fused-ring (bicyclic) bond motifs is 1. The van der Waals surface area contributed by atoms with Gasteiger partial charge in [-0.05, 0) is 85.0 Å². The molecule has 0 bridgehead atoms. The summed E-state index contributed by atoms with van der Waals surface area (Å²) in [6.07, 6.45) is 2.59. The number of benzene rings is 3. The third-order valence-corrected chi connectivity index (χ3v) is 6.20. The lowest BCUT2D eigenvalue weighted by atomic mass is 9.87. The van der Waals surface area contributed by atoms with E-state index in [0.29, 0.717) is 47.9 Å². The van der Waals surface area contributed by atoms with Gasteiger partial charge in [0.25, 0.3) is 11.8 Å². The zero-order chi connectivity index (χ0) is 24.8. The second-order valence-electron chi connectivity index (χ2n) is 8.67. The van der Waals surface area contributed by atoms with Gasteiger partial charge in [-0.1, -0.05) is 12.1 Å². The highest BCUT2D eigenvalue weighted by atomic mass is 19.1. The maximum Gasteiger partial charge on any atom is 0.306 e. The van der Waals surface area contributed by atoms with Crippen LogP contribution in [0.4, 0.5) is 4.39 Å². The van der Waals surface area contributed by atoms with Gasteiger partial charge in [-0.25, -0.2) is 4.39 Å². The van der Waals surface area contributed by atoms with Crippen LogP contribution in [0, 0.1) is 11.7 Å².